The number of aryl methyl sites for hydroxylation is 1. The summed E-state index contributed by atoms with van der Waals surface area (Å²) < 4.78 is 0. The van der Waals surface area contributed by atoms with E-state index in [4.69, 9.17) is 23.2 Å². The number of nitrogens with one attached hydrogen (secondary N) is 1. The van der Waals surface area contributed by atoms with Crippen LogP contribution in [0.3, 0.4) is 0 Å². The molecule has 0 aliphatic heterocycles. The van der Waals surface area contributed by atoms with Crippen LogP contribution in [0.2, 0.25) is 10.3 Å². The summed E-state index contributed by atoms with van der Waals surface area (Å²) in [6, 6.07) is 10.9. The molecule has 1 N–H and O–H groups in total. The average Bonchev–Trinajstić information content (AvgIpc) is 2.36. The second-order valence-electron chi connectivity index (χ2n) is 4.17. The van der Waals surface area contributed by atoms with Crippen molar-refractivity contribution < 1.29 is 4.79 Å². The summed E-state index contributed by atoms with van der Waals surface area (Å²) in [6.45, 7) is 2.47. The van der Waals surface area contributed by atoms with Crippen LogP contribution in [0.15, 0.2) is 36.4 Å². The first-order valence-corrected chi connectivity index (χ1v) is 6.47. The van der Waals surface area contributed by atoms with Crippen LogP contribution in [-0.4, -0.2) is 10.9 Å². The molecule has 0 bridgehead atoms. The van der Waals surface area contributed by atoms with E-state index in [1.54, 1.807) is 0 Å². The third kappa shape index (κ3) is 3.94. The maximum absolute atomic E-state index is 11.9. The number of pyridine rings is 1. The summed E-state index contributed by atoms with van der Waals surface area (Å²) in [7, 11) is 0. The predicted octanol–water partition coefficient (Wildman–Crippen LogP) is 3.63. The number of amides is 1. The van der Waals surface area contributed by atoms with Crippen LogP contribution >= 0.6 is 23.2 Å². The molecule has 0 fully saturated rings. The number of halogens is 2. The van der Waals surface area contributed by atoms with Gasteiger partial charge in [0, 0.05) is 12.1 Å². The largest absolute Gasteiger partial charge is 0.348 e. The van der Waals surface area contributed by atoms with Crippen LogP contribution < -0.4 is 5.32 Å². The van der Waals surface area contributed by atoms with Crippen molar-refractivity contribution in [2.75, 3.05) is 0 Å². The van der Waals surface area contributed by atoms with E-state index < -0.39 is 0 Å². The first-order chi connectivity index (χ1) is 9.04. The van der Waals surface area contributed by atoms with Crippen LogP contribution in [0.25, 0.3) is 0 Å². The molecule has 0 aliphatic rings. The number of carbonyl (C=O) groups is 1. The number of aromatic nitrogens is 1. The number of hydrogen-bond donors (Lipinski definition) is 1. The van der Waals surface area contributed by atoms with Gasteiger partial charge in [-0.2, -0.15) is 0 Å². The molecule has 0 radical (unpaired) electrons. The highest BCUT2D eigenvalue weighted by atomic mass is 35.5. The Hall–Kier alpha value is -1.58. The standard InChI is InChI=1S/C14H12Cl2N2O/c1-9-2-4-10(5-3-9)8-17-14(19)11-6-12(15)18-13(16)7-11/h2-7H,8H2,1H3,(H,17,19). The summed E-state index contributed by atoms with van der Waals surface area (Å²) >= 11 is 11.5. The van der Waals surface area contributed by atoms with E-state index >= 15 is 0 Å². The molecule has 0 atom stereocenters. The van der Waals surface area contributed by atoms with E-state index in [9.17, 15) is 4.79 Å². The summed E-state index contributed by atoms with van der Waals surface area (Å²) in [4.78, 5) is 15.7. The van der Waals surface area contributed by atoms with Gasteiger partial charge in [0.2, 0.25) is 0 Å². The maximum Gasteiger partial charge on any atom is 0.251 e. The molecule has 3 nitrogen and oxygen atoms in total. The van der Waals surface area contributed by atoms with E-state index in [2.05, 4.69) is 10.3 Å². The fourth-order valence-corrected chi connectivity index (χ4v) is 2.05. The van der Waals surface area contributed by atoms with Gasteiger partial charge >= 0.3 is 0 Å². The third-order valence-corrected chi connectivity index (χ3v) is 2.99. The summed E-state index contributed by atoms with van der Waals surface area (Å²) in [5.74, 6) is -0.230. The van der Waals surface area contributed by atoms with Crippen molar-refractivity contribution >= 4 is 29.1 Å². The fourth-order valence-electron chi connectivity index (χ4n) is 1.59. The van der Waals surface area contributed by atoms with Crippen LogP contribution in [0, 0.1) is 6.92 Å². The zero-order valence-corrected chi connectivity index (χ0v) is 11.8. The molecule has 0 spiro atoms. The number of carbonyl (C=O) groups excluding carboxylic acids is 1. The van der Waals surface area contributed by atoms with Gasteiger partial charge in [0.25, 0.3) is 5.91 Å². The van der Waals surface area contributed by atoms with Crippen molar-refractivity contribution in [2.24, 2.45) is 0 Å². The predicted molar refractivity (Wildman–Crippen MR) is 76.6 cm³/mol. The topological polar surface area (TPSA) is 42.0 Å². The first kappa shape index (κ1) is 13.8. The molecule has 98 valence electrons. The Labute approximate surface area is 121 Å². The van der Waals surface area contributed by atoms with Crippen molar-refractivity contribution in [2.45, 2.75) is 13.5 Å². The lowest BCUT2D eigenvalue weighted by molar-refractivity contribution is 0.0951. The van der Waals surface area contributed by atoms with E-state index in [-0.39, 0.29) is 16.2 Å². The Morgan fingerprint density at radius 1 is 1.16 bits per heavy atom. The van der Waals surface area contributed by atoms with E-state index in [1.807, 2.05) is 31.2 Å². The molecule has 1 aromatic heterocycles. The second-order valence-corrected chi connectivity index (χ2v) is 4.94. The lowest BCUT2D eigenvalue weighted by Gasteiger charge is -2.06. The van der Waals surface area contributed by atoms with Gasteiger partial charge in [-0.25, -0.2) is 4.98 Å². The van der Waals surface area contributed by atoms with Gasteiger partial charge in [-0.05, 0) is 24.6 Å². The van der Waals surface area contributed by atoms with Crippen LogP contribution in [0.4, 0.5) is 0 Å². The van der Waals surface area contributed by atoms with E-state index in [0.717, 1.165) is 5.56 Å². The summed E-state index contributed by atoms with van der Waals surface area (Å²) in [5, 5.41) is 3.21. The Morgan fingerprint density at radius 3 is 2.32 bits per heavy atom. The summed E-state index contributed by atoms with van der Waals surface area (Å²) in [5.41, 5.74) is 2.62. The number of benzene rings is 1. The zero-order valence-electron chi connectivity index (χ0n) is 10.3. The van der Waals surface area contributed by atoms with Gasteiger partial charge in [-0.3, -0.25) is 4.79 Å². The van der Waals surface area contributed by atoms with E-state index in [0.29, 0.717) is 12.1 Å². The summed E-state index contributed by atoms with van der Waals surface area (Å²) in [6.07, 6.45) is 0. The highest BCUT2D eigenvalue weighted by Gasteiger charge is 2.08. The van der Waals surface area contributed by atoms with Crippen molar-refractivity contribution in [1.29, 1.82) is 0 Å². The smallest absolute Gasteiger partial charge is 0.251 e. The molecular formula is C14H12Cl2N2O. The van der Waals surface area contributed by atoms with Crippen LogP contribution in [-0.2, 0) is 6.54 Å². The maximum atomic E-state index is 11.9. The van der Waals surface area contributed by atoms with Crippen molar-refractivity contribution in [3.8, 4) is 0 Å². The second kappa shape index (κ2) is 6.04. The molecule has 1 amide bonds. The van der Waals surface area contributed by atoms with Gasteiger partial charge in [-0.1, -0.05) is 53.0 Å². The molecule has 1 aromatic carbocycles. The highest BCUT2D eigenvalue weighted by molar-refractivity contribution is 6.33. The molecule has 1 heterocycles. The SMILES string of the molecule is Cc1ccc(CNC(=O)c2cc(Cl)nc(Cl)c2)cc1. The normalized spacial score (nSPS) is 10.3. The third-order valence-electron chi connectivity index (χ3n) is 2.60. The Kier molecular flexibility index (Phi) is 4.40. The lowest BCUT2D eigenvalue weighted by atomic mass is 10.1. The minimum absolute atomic E-state index is 0.202. The van der Waals surface area contributed by atoms with Crippen molar-refractivity contribution in [1.82, 2.24) is 10.3 Å². The molecule has 19 heavy (non-hydrogen) atoms. The molecule has 5 heteroatoms. The number of hydrogen-bond acceptors (Lipinski definition) is 2. The number of nitrogens with zero attached hydrogens (tertiary/aromatic N) is 1. The van der Waals surface area contributed by atoms with Crippen molar-refractivity contribution in [3.05, 3.63) is 63.4 Å². The number of rotatable bonds is 3. The average molecular weight is 295 g/mol. The van der Waals surface area contributed by atoms with Gasteiger partial charge < -0.3 is 5.32 Å². The van der Waals surface area contributed by atoms with Gasteiger partial charge in [0.15, 0.2) is 0 Å². The molecule has 0 saturated heterocycles. The van der Waals surface area contributed by atoms with E-state index in [1.165, 1.54) is 17.7 Å². The molecular weight excluding hydrogens is 283 g/mol. The molecule has 0 unspecified atom stereocenters. The Balaban J connectivity index is 2.03. The molecule has 0 saturated carbocycles. The lowest BCUT2D eigenvalue weighted by Crippen LogP contribution is -2.22. The van der Waals surface area contributed by atoms with Gasteiger partial charge in [-0.15, -0.1) is 0 Å². The Bertz CT molecular complexity index is 577. The Morgan fingerprint density at radius 2 is 1.74 bits per heavy atom. The fraction of sp³-hybridized carbons (Fsp3) is 0.143. The monoisotopic (exact) mass is 294 g/mol. The molecule has 2 rings (SSSR count). The minimum atomic E-state index is -0.230. The van der Waals surface area contributed by atoms with Crippen LogP contribution in [0.5, 0.6) is 0 Å². The van der Waals surface area contributed by atoms with Gasteiger partial charge in [0.1, 0.15) is 10.3 Å². The minimum Gasteiger partial charge on any atom is -0.348 e. The zero-order chi connectivity index (χ0) is 13.8. The first-order valence-electron chi connectivity index (χ1n) is 5.71. The van der Waals surface area contributed by atoms with Crippen molar-refractivity contribution in [3.63, 3.8) is 0 Å². The van der Waals surface area contributed by atoms with Crippen LogP contribution in [0.1, 0.15) is 21.5 Å². The highest BCUT2D eigenvalue weighted by Crippen LogP contribution is 2.14. The molecule has 0 aliphatic carbocycles. The quantitative estimate of drug-likeness (QED) is 0.879. The molecule has 2 aromatic rings. The van der Waals surface area contributed by atoms with Gasteiger partial charge in [0.05, 0.1) is 0 Å².